The summed E-state index contributed by atoms with van der Waals surface area (Å²) in [5.74, 6) is -0.390. The maximum absolute atomic E-state index is 12.5. The van der Waals surface area contributed by atoms with Crippen molar-refractivity contribution in [1.82, 2.24) is 10.3 Å². The van der Waals surface area contributed by atoms with E-state index in [1.54, 1.807) is 13.1 Å². The molecule has 0 radical (unpaired) electrons. The molecule has 5 nitrogen and oxygen atoms in total. The first kappa shape index (κ1) is 15.3. The van der Waals surface area contributed by atoms with E-state index >= 15 is 0 Å². The molecule has 1 aromatic carbocycles. The number of ether oxygens (including phenoxy) is 1. The minimum atomic E-state index is -0.519. The molecular weight excluding hydrogens is 292 g/mol. The van der Waals surface area contributed by atoms with Crippen LogP contribution >= 0.6 is 0 Å². The van der Waals surface area contributed by atoms with E-state index in [-0.39, 0.29) is 11.9 Å². The van der Waals surface area contributed by atoms with Crippen molar-refractivity contribution in [3.8, 4) is 11.1 Å². The van der Waals surface area contributed by atoms with Gasteiger partial charge in [-0.15, -0.1) is 0 Å². The van der Waals surface area contributed by atoms with E-state index in [1.165, 1.54) is 0 Å². The van der Waals surface area contributed by atoms with Crippen LogP contribution in [-0.4, -0.2) is 30.0 Å². The number of hydrogen-bond acceptors (Lipinski definition) is 3. The van der Waals surface area contributed by atoms with Crippen LogP contribution < -0.4 is 5.32 Å². The summed E-state index contributed by atoms with van der Waals surface area (Å²) >= 11 is 0. The van der Waals surface area contributed by atoms with Crippen LogP contribution in [0.5, 0.6) is 0 Å². The van der Waals surface area contributed by atoms with Crippen LogP contribution in [0, 0.1) is 5.41 Å². The fourth-order valence-corrected chi connectivity index (χ4v) is 2.64. The zero-order chi connectivity index (χ0) is 16.3. The number of amides is 1. The fourth-order valence-electron chi connectivity index (χ4n) is 2.64. The Bertz CT molecular complexity index is 702. The maximum atomic E-state index is 12.5. The highest BCUT2D eigenvalue weighted by molar-refractivity contribution is 6.01. The lowest BCUT2D eigenvalue weighted by Crippen LogP contribution is -2.35. The van der Waals surface area contributed by atoms with Gasteiger partial charge in [0.15, 0.2) is 0 Å². The van der Waals surface area contributed by atoms with Gasteiger partial charge in [0.2, 0.25) is 0 Å². The van der Waals surface area contributed by atoms with Gasteiger partial charge >= 0.3 is 5.97 Å². The van der Waals surface area contributed by atoms with Crippen LogP contribution in [0.3, 0.4) is 0 Å². The molecular formula is C18H20N2O3. The van der Waals surface area contributed by atoms with Crippen molar-refractivity contribution in [3.05, 3.63) is 48.3 Å². The standard InChI is InChI=1S/C18H20N2O3/c1-2-23-17(22)18(8-9-18)12-20-16(21)15-11-19-10-14(15)13-6-4-3-5-7-13/h3-7,10-11,19H,2,8-9,12H2,1H3,(H,20,21). The maximum Gasteiger partial charge on any atom is 0.313 e. The van der Waals surface area contributed by atoms with Gasteiger partial charge in [-0.2, -0.15) is 0 Å². The predicted octanol–water partition coefficient (Wildman–Crippen LogP) is 2.75. The number of H-pyrrole nitrogens is 1. The van der Waals surface area contributed by atoms with Gasteiger partial charge in [-0.1, -0.05) is 30.3 Å². The molecule has 23 heavy (non-hydrogen) atoms. The first-order valence-electron chi connectivity index (χ1n) is 7.84. The van der Waals surface area contributed by atoms with Crippen LogP contribution in [0.2, 0.25) is 0 Å². The molecule has 120 valence electrons. The van der Waals surface area contributed by atoms with Gasteiger partial charge in [-0.25, -0.2) is 0 Å². The van der Waals surface area contributed by atoms with Crippen molar-refractivity contribution < 1.29 is 14.3 Å². The second kappa shape index (κ2) is 6.28. The van der Waals surface area contributed by atoms with Gasteiger partial charge < -0.3 is 15.0 Å². The lowest BCUT2D eigenvalue weighted by Gasteiger charge is -2.14. The zero-order valence-electron chi connectivity index (χ0n) is 13.1. The minimum Gasteiger partial charge on any atom is -0.466 e. The molecule has 1 aliphatic rings. The molecule has 0 saturated heterocycles. The molecule has 0 bridgehead atoms. The highest BCUT2D eigenvalue weighted by atomic mass is 16.5. The van der Waals surface area contributed by atoms with Gasteiger partial charge in [-0.05, 0) is 25.3 Å². The molecule has 1 aromatic heterocycles. The van der Waals surface area contributed by atoms with Crippen molar-refractivity contribution in [2.45, 2.75) is 19.8 Å². The monoisotopic (exact) mass is 312 g/mol. The molecule has 0 spiro atoms. The summed E-state index contributed by atoms with van der Waals surface area (Å²) in [6.45, 7) is 2.48. The molecule has 5 heteroatoms. The molecule has 1 saturated carbocycles. The Balaban J connectivity index is 1.69. The third-order valence-electron chi connectivity index (χ3n) is 4.22. The lowest BCUT2D eigenvalue weighted by molar-refractivity contribution is -0.149. The van der Waals surface area contributed by atoms with Gasteiger partial charge in [0.1, 0.15) is 0 Å². The lowest BCUT2D eigenvalue weighted by atomic mass is 10.0. The van der Waals surface area contributed by atoms with Crippen molar-refractivity contribution in [2.75, 3.05) is 13.2 Å². The molecule has 0 atom stereocenters. The quantitative estimate of drug-likeness (QED) is 0.806. The molecule has 0 aliphatic heterocycles. The Hall–Kier alpha value is -2.56. The van der Waals surface area contributed by atoms with E-state index in [4.69, 9.17) is 4.74 Å². The smallest absolute Gasteiger partial charge is 0.313 e. The molecule has 1 heterocycles. The van der Waals surface area contributed by atoms with Crippen LogP contribution in [0.25, 0.3) is 11.1 Å². The minimum absolute atomic E-state index is 0.180. The van der Waals surface area contributed by atoms with Crippen molar-refractivity contribution >= 4 is 11.9 Å². The highest BCUT2D eigenvalue weighted by Crippen LogP contribution is 2.46. The van der Waals surface area contributed by atoms with E-state index in [1.807, 2.05) is 36.5 Å². The molecule has 1 aliphatic carbocycles. The SMILES string of the molecule is CCOC(=O)C1(CNC(=O)c2c[nH]cc2-c2ccccc2)CC1. The number of hydrogen-bond donors (Lipinski definition) is 2. The topological polar surface area (TPSA) is 71.2 Å². The summed E-state index contributed by atoms with van der Waals surface area (Å²) < 4.78 is 5.09. The van der Waals surface area contributed by atoms with Crippen LogP contribution in [0.4, 0.5) is 0 Å². The van der Waals surface area contributed by atoms with Crippen molar-refractivity contribution in [2.24, 2.45) is 5.41 Å². The summed E-state index contributed by atoms with van der Waals surface area (Å²) in [5, 5.41) is 2.88. The highest BCUT2D eigenvalue weighted by Gasteiger charge is 2.51. The number of nitrogens with one attached hydrogen (secondary N) is 2. The Morgan fingerprint density at radius 3 is 2.61 bits per heavy atom. The summed E-state index contributed by atoms with van der Waals surface area (Å²) in [4.78, 5) is 27.4. The Kier molecular flexibility index (Phi) is 4.19. The fraction of sp³-hybridized carbons (Fsp3) is 0.333. The zero-order valence-corrected chi connectivity index (χ0v) is 13.1. The molecule has 2 aromatic rings. The number of benzene rings is 1. The van der Waals surface area contributed by atoms with Crippen LogP contribution in [0.15, 0.2) is 42.7 Å². The van der Waals surface area contributed by atoms with Gasteiger partial charge in [0, 0.05) is 24.5 Å². The van der Waals surface area contributed by atoms with E-state index < -0.39 is 5.41 Å². The van der Waals surface area contributed by atoms with Crippen molar-refractivity contribution in [1.29, 1.82) is 0 Å². The average Bonchev–Trinajstić information content (AvgIpc) is 3.21. The summed E-state index contributed by atoms with van der Waals surface area (Å²) in [6.07, 6.45) is 5.03. The average molecular weight is 312 g/mol. The first-order valence-corrected chi connectivity index (χ1v) is 7.84. The third kappa shape index (κ3) is 3.13. The summed E-state index contributed by atoms with van der Waals surface area (Å²) in [5.41, 5.74) is 1.89. The number of esters is 1. The number of carbonyl (C=O) groups is 2. The second-order valence-electron chi connectivity index (χ2n) is 5.83. The van der Waals surface area contributed by atoms with Gasteiger partial charge in [0.05, 0.1) is 17.6 Å². The number of carbonyl (C=O) groups excluding carboxylic acids is 2. The van der Waals surface area contributed by atoms with E-state index in [0.717, 1.165) is 24.0 Å². The number of aromatic nitrogens is 1. The molecule has 2 N–H and O–H groups in total. The van der Waals surface area contributed by atoms with Gasteiger partial charge in [0.25, 0.3) is 5.91 Å². The van der Waals surface area contributed by atoms with E-state index in [9.17, 15) is 9.59 Å². The molecule has 1 fully saturated rings. The van der Waals surface area contributed by atoms with Crippen LogP contribution in [0.1, 0.15) is 30.1 Å². The van der Waals surface area contributed by atoms with Crippen molar-refractivity contribution in [3.63, 3.8) is 0 Å². The first-order chi connectivity index (χ1) is 11.2. The molecule has 1 amide bonds. The second-order valence-corrected chi connectivity index (χ2v) is 5.83. The molecule has 0 unspecified atom stereocenters. The number of rotatable bonds is 6. The Morgan fingerprint density at radius 1 is 1.22 bits per heavy atom. The summed E-state index contributed by atoms with van der Waals surface area (Å²) in [6, 6.07) is 9.72. The molecule has 3 rings (SSSR count). The largest absolute Gasteiger partial charge is 0.466 e. The van der Waals surface area contributed by atoms with Gasteiger partial charge in [-0.3, -0.25) is 9.59 Å². The van der Waals surface area contributed by atoms with E-state index in [2.05, 4.69) is 10.3 Å². The predicted molar refractivity (Wildman–Crippen MR) is 86.9 cm³/mol. The Labute approximate surface area is 135 Å². The Morgan fingerprint density at radius 2 is 1.96 bits per heavy atom. The normalized spacial score (nSPS) is 15.0. The summed E-state index contributed by atoms with van der Waals surface area (Å²) in [7, 11) is 0. The van der Waals surface area contributed by atoms with E-state index in [0.29, 0.717) is 18.7 Å². The van der Waals surface area contributed by atoms with Crippen LogP contribution in [-0.2, 0) is 9.53 Å². The number of aromatic amines is 1. The third-order valence-corrected chi connectivity index (χ3v) is 4.22.